The van der Waals surface area contributed by atoms with Gasteiger partial charge in [-0.15, -0.1) is 0 Å². The van der Waals surface area contributed by atoms with Crippen LogP contribution in [0.25, 0.3) is 0 Å². The van der Waals surface area contributed by atoms with Crippen LogP contribution in [-0.4, -0.2) is 149 Å². The van der Waals surface area contributed by atoms with Gasteiger partial charge in [-0.1, -0.05) is 52.0 Å². The lowest BCUT2D eigenvalue weighted by atomic mass is 9.90. The second-order valence-corrected chi connectivity index (χ2v) is 22.6. The number of hydrogen-bond donors (Lipinski definition) is 9. The second-order valence-electron chi connectivity index (χ2n) is 22.6. The van der Waals surface area contributed by atoms with E-state index in [9.17, 15) is 58.2 Å². The Morgan fingerprint density at radius 2 is 0.914 bits per heavy atom. The lowest BCUT2D eigenvalue weighted by Crippen LogP contribution is -2.45. The average molecular weight is 1140 g/mol. The maximum Gasteiger partial charge on any atom is 0.407 e. The number of ether oxygens (including phenoxy) is 2. The number of Topliss-reactive ketones (excluding diaryl/α,β-unsaturated/α-hetero) is 2. The van der Waals surface area contributed by atoms with Crippen LogP contribution in [0.3, 0.4) is 0 Å². The van der Waals surface area contributed by atoms with Crippen LogP contribution in [0.1, 0.15) is 145 Å². The summed E-state index contributed by atoms with van der Waals surface area (Å²) in [6, 6.07) is 12.2. The van der Waals surface area contributed by atoms with E-state index in [1.165, 1.54) is 9.80 Å². The van der Waals surface area contributed by atoms with Crippen molar-refractivity contribution in [3.63, 3.8) is 0 Å². The van der Waals surface area contributed by atoms with Crippen molar-refractivity contribution in [1.29, 1.82) is 0 Å². The van der Waals surface area contributed by atoms with Crippen molar-refractivity contribution in [1.82, 2.24) is 31.1 Å². The van der Waals surface area contributed by atoms with E-state index in [1.807, 2.05) is 0 Å². The number of aliphatic hydroxyl groups is 2. The van der Waals surface area contributed by atoms with Gasteiger partial charge in [-0.3, -0.25) is 38.4 Å². The molecule has 2 aromatic carbocycles. The molecule has 23 heteroatoms. The Balaban J connectivity index is 0.00000139. The zero-order chi connectivity index (χ0) is 62.2. The third-order valence-corrected chi connectivity index (χ3v) is 11.8. The molecule has 10 N–H and O–H groups in total. The van der Waals surface area contributed by atoms with Crippen LogP contribution in [0.5, 0.6) is 0 Å². The summed E-state index contributed by atoms with van der Waals surface area (Å²) in [5.41, 5.74) is 6.86. The van der Waals surface area contributed by atoms with E-state index >= 15 is 0 Å². The van der Waals surface area contributed by atoms with Gasteiger partial charge >= 0.3 is 18.2 Å². The summed E-state index contributed by atoms with van der Waals surface area (Å²) in [4.78, 5) is 126. The predicted molar refractivity (Wildman–Crippen MR) is 308 cm³/mol. The number of rotatable bonds is 29. The highest BCUT2D eigenvalue weighted by Crippen LogP contribution is 2.20. The number of benzene rings is 2. The molecule has 4 atom stereocenters. The highest BCUT2D eigenvalue weighted by atomic mass is 16.6. The van der Waals surface area contributed by atoms with Crippen molar-refractivity contribution in [2.75, 3.05) is 52.3 Å². The molecule has 0 unspecified atom stereocenters. The number of carbonyl (C=O) groups excluding carboxylic acids is 9. The monoisotopic (exact) mass is 1140 g/mol. The molecule has 0 aliphatic carbocycles. The molecule has 2 aromatic rings. The third kappa shape index (κ3) is 34.6. The zero-order valence-electron chi connectivity index (χ0n) is 50.2. The number of hydrogen-bond acceptors (Lipinski definition) is 15. The van der Waals surface area contributed by atoms with Gasteiger partial charge < -0.3 is 66.9 Å². The Bertz CT molecular complexity index is 2310. The Kier molecular flexibility index (Phi) is 34.4. The molecule has 0 saturated heterocycles. The van der Waals surface area contributed by atoms with E-state index in [-0.39, 0.29) is 125 Å². The van der Waals surface area contributed by atoms with Crippen molar-refractivity contribution >= 4 is 70.6 Å². The first kappa shape index (κ1) is 73.9. The van der Waals surface area contributed by atoms with Crippen molar-refractivity contribution in [3.8, 4) is 0 Å². The number of carboxylic acids is 1. The first-order valence-corrected chi connectivity index (χ1v) is 27.3. The van der Waals surface area contributed by atoms with Crippen LogP contribution in [0.4, 0.5) is 21.0 Å². The van der Waals surface area contributed by atoms with Crippen LogP contribution in [0.2, 0.25) is 0 Å². The summed E-state index contributed by atoms with van der Waals surface area (Å²) in [6.45, 7) is 17.6. The number of carboxylic acid groups (broad SMARTS) is 1. The molecule has 0 saturated carbocycles. The lowest BCUT2D eigenvalue weighted by Gasteiger charge is -2.24. The van der Waals surface area contributed by atoms with E-state index in [0.29, 0.717) is 24.1 Å². The standard InChI is InChI=1S/C29H46N4O7.C22H39N3O7.C7H9NO/c1-19(2)26(32-24(36)9-8-10-25(37)33(6)7)23(35)17-21(15-16-30-28(39)40-29(3,4)5)27(38)31-22-13-11-20(18-34)12-14-22;1-14(2)19(24-17(27)9-8-10-18(28)25(6)7)16(26)13-15(20(29)30)11-12-23-21(31)32-22(3,4)5;8-7-3-1-6(5-9)2-4-7/h11-14,19,21,26,34H,8-10,15-18H2,1-7H3,(H,30,39)(H,31,38)(H,32,36);14-15,19H,8-13H2,1-7H3,(H,23,31)(H,24,27)(H,29,30);1-4,9H,5,8H2/t21-,26+;15-,19+;/m11./s1. The number of aliphatic carboxylic acids is 1. The molecule has 0 spiro atoms. The number of nitrogens with two attached hydrogens (primary N) is 1. The minimum absolute atomic E-state index is 0.0395. The van der Waals surface area contributed by atoms with E-state index in [2.05, 4.69) is 26.6 Å². The number of carbonyl (C=O) groups is 10. The molecule has 0 radical (unpaired) electrons. The first-order valence-electron chi connectivity index (χ1n) is 27.3. The zero-order valence-corrected chi connectivity index (χ0v) is 50.2. The Morgan fingerprint density at radius 1 is 0.556 bits per heavy atom. The van der Waals surface area contributed by atoms with Gasteiger partial charge in [0.1, 0.15) is 11.2 Å². The molecule has 0 aliphatic rings. The van der Waals surface area contributed by atoms with Gasteiger partial charge in [-0.2, -0.15) is 0 Å². The van der Waals surface area contributed by atoms with Crippen LogP contribution in [-0.2, 0) is 61.0 Å². The number of nitrogens with zero attached hydrogens (tertiary/aromatic N) is 2. The average Bonchev–Trinajstić information content (AvgIpc) is 3.35. The molecule has 0 fully saturated rings. The number of alkyl carbamates (subject to hydrolysis) is 2. The Hall–Kier alpha value is -7.14. The summed E-state index contributed by atoms with van der Waals surface area (Å²) >= 11 is 0. The molecular formula is C58H94N8O15. The smallest absolute Gasteiger partial charge is 0.407 e. The van der Waals surface area contributed by atoms with Crippen LogP contribution in [0.15, 0.2) is 48.5 Å². The van der Waals surface area contributed by atoms with Crippen LogP contribution < -0.4 is 32.3 Å². The maximum absolute atomic E-state index is 13.3. The molecule has 0 heterocycles. The SMILES string of the molecule is CC(C)[C@H](NC(=O)CCCC(=O)N(C)C)C(=O)C[C@@H](CCNC(=O)OC(C)(C)C)C(=O)Nc1ccc(CO)cc1.CC(C)[C@H](NC(=O)CCCC(=O)N(C)C)C(=O)C[C@@H](CCNC(=O)OC(C)(C)C)C(=O)O.Nc1ccc(CO)cc1. The summed E-state index contributed by atoms with van der Waals surface area (Å²) < 4.78 is 10.3. The summed E-state index contributed by atoms with van der Waals surface area (Å²) in [5, 5.41) is 40.6. The van der Waals surface area contributed by atoms with E-state index in [4.69, 9.17) is 20.3 Å². The normalized spacial score (nSPS) is 12.5. The van der Waals surface area contributed by atoms with Gasteiger partial charge in [0, 0.05) is 97.1 Å². The molecule has 7 amide bonds. The molecule has 0 aliphatic heterocycles. The minimum atomic E-state index is -1.15. The van der Waals surface area contributed by atoms with Crippen molar-refractivity contribution in [2.45, 2.75) is 170 Å². The summed E-state index contributed by atoms with van der Waals surface area (Å²) in [6.07, 6.45) is -0.129. The third-order valence-electron chi connectivity index (χ3n) is 11.8. The topological polar surface area (TPSA) is 342 Å². The molecular weight excluding hydrogens is 1050 g/mol. The predicted octanol–water partition coefficient (Wildman–Crippen LogP) is 5.73. The highest BCUT2D eigenvalue weighted by Gasteiger charge is 2.32. The van der Waals surface area contributed by atoms with Crippen molar-refractivity contribution in [2.24, 2.45) is 23.7 Å². The van der Waals surface area contributed by atoms with Gasteiger partial charge in [0.25, 0.3) is 0 Å². The van der Waals surface area contributed by atoms with Crippen LogP contribution >= 0.6 is 0 Å². The molecule has 0 bridgehead atoms. The minimum Gasteiger partial charge on any atom is -0.481 e. The first-order chi connectivity index (χ1) is 37.6. The van der Waals surface area contributed by atoms with Gasteiger partial charge in [0.15, 0.2) is 11.6 Å². The molecule has 456 valence electrons. The van der Waals surface area contributed by atoms with E-state index < -0.39 is 59.2 Å². The van der Waals surface area contributed by atoms with Gasteiger partial charge in [0.2, 0.25) is 29.5 Å². The van der Waals surface area contributed by atoms with Crippen molar-refractivity contribution < 1.29 is 72.7 Å². The second kappa shape index (κ2) is 37.7. The molecule has 81 heavy (non-hydrogen) atoms. The van der Waals surface area contributed by atoms with Gasteiger partial charge in [-0.25, -0.2) is 9.59 Å². The fourth-order valence-corrected chi connectivity index (χ4v) is 7.24. The number of anilines is 2. The van der Waals surface area contributed by atoms with Crippen molar-refractivity contribution in [3.05, 3.63) is 59.7 Å². The summed E-state index contributed by atoms with van der Waals surface area (Å²) in [7, 11) is 6.57. The molecule has 23 nitrogen and oxygen atoms in total. The number of nitrogens with one attached hydrogen (secondary N) is 5. The van der Waals surface area contributed by atoms with Gasteiger partial charge in [0.05, 0.1) is 31.2 Å². The molecule has 2 rings (SSSR count). The Morgan fingerprint density at radius 3 is 1.25 bits per heavy atom. The van der Waals surface area contributed by atoms with Crippen LogP contribution in [0, 0.1) is 23.7 Å². The highest BCUT2D eigenvalue weighted by molar-refractivity contribution is 5.97. The number of amides is 7. The van der Waals surface area contributed by atoms with E-state index in [0.717, 1.165) is 11.3 Å². The number of ketones is 2. The van der Waals surface area contributed by atoms with Gasteiger partial charge in [-0.05, 0) is 114 Å². The maximum atomic E-state index is 13.3. The number of aliphatic hydroxyl groups excluding tert-OH is 2. The van der Waals surface area contributed by atoms with E-state index in [1.54, 1.807) is 146 Å². The quantitative estimate of drug-likeness (QED) is 0.0439. The number of nitrogen functional groups attached to an aromatic ring is 1. The largest absolute Gasteiger partial charge is 0.481 e. The summed E-state index contributed by atoms with van der Waals surface area (Å²) in [5.74, 6) is -5.38. The Labute approximate surface area is 478 Å². The fourth-order valence-electron chi connectivity index (χ4n) is 7.24. The lowest BCUT2D eigenvalue weighted by molar-refractivity contribution is -0.144. The fraction of sp³-hybridized carbons (Fsp3) is 0.621. The molecule has 0 aromatic heterocycles.